The van der Waals surface area contributed by atoms with Crippen LogP contribution in [-0.4, -0.2) is 19.5 Å². The van der Waals surface area contributed by atoms with Crippen molar-refractivity contribution in [2.75, 3.05) is 11.1 Å². The molecule has 0 aromatic heterocycles. The molecule has 0 bridgehead atoms. The second kappa shape index (κ2) is 7.29. The maximum absolute atomic E-state index is 12.1. The Morgan fingerprint density at radius 2 is 1.67 bits per heavy atom. The van der Waals surface area contributed by atoms with E-state index in [0.717, 1.165) is 24.6 Å². The third-order valence-corrected chi connectivity index (χ3v) is 5.33. The molecule has 0 radical (unpaired) electrons. The average Bonchev–Trinajstić information content (AvgIpc) is 2.35. The number of rotatable bonds is 7. The molecule has 4 heteroatoms. The van der Waals surface area contributed by atoms with E-state index in [1.165, 1.54) is 5.56 Å². The van der Waals surface area contributed by atoms with Crippen LogP contribution in [0.4, 0.5) is 0 Å². The monoisotopic (exact) mass is 332 g/mol. The highest BCUT2D eigenvalue weighted by molar-refractivity contribution is 9.09. The Balaban J connectivity index is 2.67. The molecule has 0 aliphatic carbocycles. The Bertz CT molecular complexity index is 449. The molecular formula is C14H21BrO2S. The third kappa shape index (κ3) is 4.73. The second-order valence-corrected chi connectivity index (χ2v) is 7.69. The van der Waals surface area contributed by atoms with Gasteiger partial charge in [-0.1, -0.05) is 48.3 Å². The largest absolute Gasteiger partial charge is 0.224 e. The first-order valence-corrected chi connectivity index (χ1v) is 9.13. The molecule has 2 nitrogen and oxygen atoms in total. The van der Waals surface area contributed by atoms with Gasteiger partial charge in [-0.2, -0.15) is 0 Å². The van der Waals surface area contributed by atoms with Crippen molar-refractivity contribution in [2.45, 2.75) is 43.9 Å². The van der Waals surface area contributed by atoms with Crippen LogP contribution in [0.25, 0.3) is 0 Å². The Hall–Kier alpha value is -0.350. The highest BCUT2D eigenvalue weighted by atomic mass is 79.9. The van der Waals surface area contributed by atoms with Crippen molar-refractivity contribution in [3.05, 3.63) is 29.8 Å². The standard InChI is InChI=1S/C14H21BrO2S/c1-12(2)13-6-8-14(9-7-13)18(16,17)11-5-3-4-10-15/h6-9,12H,3-5,10-11H2,1-2H3. The molecule has 0 aliphatic rings. The average molecular weight is 333 g/mol. The Labute approximate surface area is 119 Å². The van der Waals surface area contributed by atoms with E-state index < -0.39 is 9.84 Å². The minimum absolute atomic E-state index is 0.251. The molecule has 0 amide bonds. The van der Waals surface area contributed by atoms with Crippen LogP contribution in [0, 0.1) is 0 Å². The van der Waals surface area contributed by atoms with E-state index in [1.54, 1.807) is 12.1 Å². The SMILES string of the molecule is CC(C)c1ccc(S(=O)(=O)CCCCCBr)cc1. The molecule has 102 valence electrons. The molecule has 18 heavy (non-hydrogen) atoms. The second-order valence-electron chi connectivity index (χ2n) is 4.79. The minimum Gasteiger partial charge on any atom is -0.224 e. The minimum atomic E-state index is -3.10. The van der Waals surface area contributed by atoms with E-state index in [2.05, 4.69) is 29.8 Å². The molecule has 0 N–H and O–H groups in total. The van der Waals surface area contributed by atoms with E-state index in [1.807, 2.05) is 12.1 Å². The normalized spacial score (nSPS) is 12.0. The smallest absolute Gasteiger partial charge is 0.178 e. The molecule has 0 saturated carbocycles. The highest BCUT2D eigenvalue weighted by Gasteiger charge is 2.13. The first-order valence-electron chi connectivity index (χ1n) is 6.36. The maximum atomic E-state index is 12.1. The number of halogens is 1. The van der Waals surface area contributed by atoms with Gasteiger partial charge in [-0.05, 0) is 36.5 Å². The van der Waals surface area contributed by atoms with Crippen LogP contribution >= 0.6 is 15.9 Å². The number of benzene rings is 1. The van der Waals surface area contributed by atoms with Crippen LogP contribution in [0.5, 0.6) is 0 Å². The fourth-order valence-corrected chi connectivity index (χ4v) is 3.51. The van der Waals surface area contributed by atoms with Gasteiger partial charge in [0.25, 0.3) is 0 Å². The van der Waals surface area contributed by atoms with Crippen LogP contribution in [0.2, 0.25) is 0 Å². The summed E-state index contributed by atoms with van der Waals surface area (Å²) < 4.78 is 24.1. The molecule has 0 saturated heterocycles. The van der Waals surface area contributed by atoms with Crippen molar-refractivity contribution in [1.29, 1.82) is 0 Å². The molecule has 1 aromatic carbocycles. The topological polar surface area (TPSA) is 34.1 Å². The van der Waals surface area contributed by atoms with E-state index in [-0.39, 0.29) is 5.75 Å². The van der Waals surface area contributed by atoms with Gasteiger partial charge in [0.15, 0.2) is 9.84 Å². The van der Waals surface area contributed by atoms with E-state index in [0.29, 0.717) is 10.8 Å². The molecule has 0 spiro atoms. The van der Waals surface area contributed by atoms with Crippen molar-refractivity contribution in [1.82, 2.24) is 0 Å². The summed E-state index contributed by atoms with van der Waals surface area (Å²) in [4.78, 5) is 0.450. The molecule has 0 heterocycles. The summed E-state index contributed by atoms with van der Waals surface area (Å²) in [6.07, 6.45) is 2.72. The summed E-state index contributed by atoms with van der Waals surface area (Å²) in [5.74, 6) is 0.682. The maximum Gasteiger partial charge on any atom is 0.178 e. The van der Waals surface area contributed by atoms with Crippen molar-refractivity contribution < 1.29 is 8.42 Å². The lowest BCUT2D eigenvalue weighted by Gasteiger charge is -2.08. The van der Waals surface area contributed by atoms with Crippen LogP contribution in [0.1, 0.15) is 44.6 Å². The van der Waals surface area contributed by atoms with Gasteiger partial charge in [-0.15, -0.1) is 0 Å². The number of hydrogen-bond donors (Lipinski definition) is 0. The summed E-state index contributed by atoms with van der Waals surface area (Å²) in [7, 11) is -3.10. The first-order chi connectivity index (χ1) is 8.47. The fraction of sp³-hybridized carbons (Fsp3) is 0.571. The molecule has 0 unspecified atom stereocenters. The lowest BCUT2D eigenvalue weighted by molar-refractivity contribution is 0.591. The van der Waals surface area contributed by atoms with Crippen LogP contribution < -0.4 is 0 Å². The Morgan fingerprint density at radius 1 is 1.06 bits per heavy atom. The van der Waals surface area contributed by atoms with Crippen molar-refractivity contribution >= 4 is 25.8 Å². The van der Waals surface area contributed by atoms with Gasteiger partial charge in [0.05, 0.1) is 10.6 Å². The van der Waals surface area contributed by atoms with Gasteiger partial charge in [-0.3, -0.25) is 0 Å². The summed E-state index contributed by atoms with van der Waals surface area (Å²) in [5.41, 5.74) is 1.17. The number of sulfone groups is 1. The van der Waals surface area contributed by atoms with Crippen LogP contribution in [0.15, 0.2) is 29.2 Å². The molecule has 0 fully saturated rings. The van der Waals surface area contributed by atoms with Gasteiger partial charge in [0, 0.05) is 5.33 Å². The predicted octanol–water partition coefficient (Wildman–Crippen LogP) is 4.15. The number of unbranched alkanes of at least 4 members (excludes halogenated alkanes) is 2. The Morgan fingerprint density at radius 3 is 2.17 bits per heavy atom. The molecule has 1 rings (SSSR count). The van der Waals surface area contributed by atoms with Crippen LogP contribution in [-0.2, 0) is 9.84 Å². The van der Waals surface area contributed by atoms with Crippen molar-refractivity contribution in [2.24, 2.45) is 0 Å². The predicted molar refractivity (Wildman–Crippen MR) is 80.2 cm³/mol. The number of hydrogen-bond acceptors (Lipinski definition) is 2. The van der Waals surface area contributed by atoms with Gasteiger partial charge >= 0.3 is 0 Å². The zero-order chi connectivity index (χ0) is 13.6. The van der Waals surface area contributed by atoms with Gasteiger partial charge in [-0.25, -0.2) is 8.42 Å². The van der Waals surface area contributed by atoms with E-state index >= 15 is 0 Å². The molecule has 0 atom stereocenters. The summed E-state index contributed by atoms with van der Waals surface area (Å²) in [5, 5.41) is 0.941. The van der Waals surface area contributed by atoms with Gasteiger partial charge in [0.2, 0.25) is 0 Å². The zero-order valence-electron chi connectivity index (χ0n) is 11.0. The van der Waals surface area contributed by atoms with Crippen LogP contribution in [0.3, 0.4) is 0 Å². The lowest BCUT2D eigenvalue weighted by atomic mass is 10.0. The van der Waals surface area contributed by atoms with E-state index in [4.69, 9.17) is 0 Å². The Kier molecular flexibility index (Phi) is 6.36. The number of alkyl halides is 1. The fourth-order valence-electron chi connectivity index (χ4n) is 1.74. The molecular weight excluding hydrogens is 312 g/mol. The van der Waals surface area contributed by atoms with Crippen molar-refractivity contribution in [3.63, 3.8) is 0 Å². The highest BCUT2D eigenvalue weighted by Crippen LogP contribution is 2.19. The molecule has 0 aliphatic heterocycles. The molecule has 1 aromatic rings. The quantitative estimate of drug-likeness (QED) is 0.555. The van der Waals surface area contributed by atoms with Gasteiger partial charge in [0.1, 0.15) is 0 Å². The van der Waals surface area contributed by atoms with E-state index in [9.17, 15) is 8.42 Å². The first kappa shape index (κ1) is 15.7. The lowest BCUT2D eigenvalue weighted by Crippen LogP contribution is -2.07. The zero-order valence-corrected chi connectivity index (χ0v) is 13.4. The summed E-state index contributed by atoms with van der Waals surface area (Å²) in [6.45, 7) is 4.20. The van der Waals surface area contributed by atoms with Gasteiger partial charge < -0.3 is 0 Å². The van der Waals surface area contributed by atoms with Crippen molar-refractivity contribution in [3.8, 4) is 0 Å². The summed E-state index contributed by atoms with van der Waals surface area (Å²) >= 11 is 3.35. The third-order valence-electron chi connectivity index (χ3n) is 2.95. The summed E-state index contributed by atoms with van der Waals surface area (Å²) in [6, 6.07) is 7.29.